The average Bonchev–Trinajstić information content (AvgIpc) is 3.04. The van der Waals surface area contributed by atoms with Crippen molar-refractivity contribution in [3.63, 3.8) is 0 Å². The van der Waals surface area contributed by atoms with Crippen molar-refractivity contribution in [1.29, 1.82) is 0 Å². The van der Waals surface area contributed by atoms with E-state index in [2.05, 4.69) is 55.5 Å². The van der Waals surface area contributed by atoms with E-state index in [4.69, 9.17) is 0 Å². The molecule has 3 unspecified atom stereocenters. The molecule has 4 nitrogen and oxygen atoms in total. The fraction of sp³-hybridized carbons (Fsp3) is 0.611. The Balaban J connectivity index is 1.61. The molecule has 1 fully saturated rings. The number of amides is 2. The summed E-state index contributed by atoms with van der Waals surface area (Å²) in [6, 6.07) is 8.76. The number of fused-ring (bicyclic) bond motifs is 1. The van der Waals surface area contributed by atoms with Crippen LogP contribution < -0.4 is 5.32 Å². The number of rotatable bonds is 3. The second-order valence-corrected chi connectivity index (χ2v) is 7.17. The monoisotopic (exact) mass is 301 g/mol. The predicted molar refractivity (Wildman–Crippen MR) is 88.8 cm³/mol. The summed E-state index contributed by atoms with van der Waals surface area (Å²) in [5, 5.41) is 3.27. The summed E-state index contributed by atoms with van der Waals surface area (Å²) >= 11 is 0. The number of carbonyl (C=O) groups is 1. The van der Waals surface area contributed by atoms with Gasteiger partial charge in [0.15, 0.2) is 0 Å². The first kappa shape index (κ1) is 15.3. The van der Waals surface area contributed by atoms with Gasteiger partial charge in [-0.25, -0.2) is 4.79 Å². The lowest BCUT2D eigenvalue weighted by molar-refractivity contribution is 0.198. The summed E-state index contributed by atoms with van der Waals surface area (Å²) in [6.07, 6.45) is 2.17. The van der Waals surface area contributed by atoms with Crippen LogP contribution in [0.3, 0.4) is 0 Å². The molecule has 22 heavy (non-hydrogen) atoms. The van der Waals surface area contributed by atoms with Crippen LogP contribution in [-0.2, 0) is 6.42 Å². The van der Waals surface area contributed by atoms with E-state index in [9.17, 15) is 4.79 Å². The van der Waals surface area contributed by atoms with Crippen molar-refractivity contribution >= 4 is 6.03 Å². The van der Waals surface area contributed by atoms with E-state index in [-0.39, 0.29) is 12.1 Å². The maximum Gasteiger partial charge on any atom is 0.317 e. The summed E-state index contributed by atoms with van der Waals surface area (Å²) < 4.78 is 0. The molecule has 2 aliphatic rings. The van der Waals surface area contributed by atoms with E-state index in [0.29, 0.717) is 11.8 Å². The highest BCUT2D eigenvalue weighted by Crippen LogP contribution is 2.35. The van der Waals surface area contributed by atoms with Crippen molar-refractivity contribution in [1.82, 2.24) is 15.1 Å². The maximum atomic E-state index is 12.6. The fourth-order valence-electron chi connectivity index (χ4n) is 3.92. The van der Waals surface area contributed by atoms with E-state index >= 15 is 0 Å². The Morgan fingerprint density at radius 3 is 2.91 bits per heavy atom. The van der Waals surface area contributed by atoms with Gasteiger partial charge in [-0.3, -0.25) is 0 Å². The maximum absolute atomic E-state index is 12.6. The van der Waals surface area contributed by atoms with Gasteiger partial charge in [0.2, 0.25) is 0 Å². The molecule has 4 heteroatoms. The molecule has 1 saturated heterocycles. The molecule has 0 saturated carbocycles. The number of carbonyl (C=O) groups excluding carboxylic acids is 1. The van der Waals surface area contributed by atoms with Gasteiger partial charge in [-0.2, -0.15) is 0 Å². The van der Waals surface area contributed by atoms with Crippen LogP contribution in [0.2, 0.25) is 0 Å². The third-order valence-electron chi connectivity index (χ3n) is 4.98. The van der Waals surface area contributed by atoms with Gasteiger partial charge >= 0.3 is 6.03 Å². The molecule has 1 aromatic carbocycles. The molecule has 0 spiro atoms. The molecular formula is C18H27N3O. The Kier molecular flexibility index (Phi) is 4.39. The summed E-state index contributed by atoms with van der Waals surface area (Å²) in [7, 11) is 4.19. The first-order valence-electron chi connectivity index (χ1n) is 8.32. The summed E-state index contributed by atoms with van der Waals surface area (Å²) in [5.74, 6) is 1.08. The number of hydrogen-bond donors (Lipinski definition) is 1. The first-order chi connectivity index (χ1) is 10.5. The molecule has 1 aliphatic heterocycles. The summed E-state index contributed by atoms with van der Waals surface area (Å²) in [5.41, 5.74) is 2.68. The molecule has 0 bridgehead atoms. The van der Waals surface area contributed by atoms with Crippen molar-refractivity contribution in [2.45, 2.75) is 25.8 Å². The molecule has 3 rings (SSSR count). The Labute approximate surface area is 133 Å². The fourth-order valence-corrected chi connectivity index (χ4v) is 3.92. The van der Waals surface area contributed by atoms with Crippen LogP contribution in [0.15, 0.2) is 24.3 Å². The van der Waals surface area contributed by atoms with Gasteiger partial charge < -0.3 is 15.1 Å². The minimum atomic E-state index is 0.106. The summed E-state index contributed by atoms with van der Waals surface area (Å²) in [6.45, 7) is 5.05. The highest BCUT2D eigenvalue weighted by molar-refractivity contribution is 5.75. The van der Waals surface area contributed by atoms with Crippen LogP contribution in [0.5, 0.6) is 0 Å². The molecule has 2 amide bonds. The van der Waals surface area contributed by atoms with Gasteiger partial charge in [-0.05, 0) is 49.9 Å². The zero-order valence-electron chi connectivity index (χ0n) is 13.9. The highest BCUT2D eigenvalue weighted by atomic mass is 16.2. The van der Waals surface area contributed by atoms with E-state index in [0.717, 1.165) is 32.5 Å². The minimum absolute atomic E-state index is 0.106. The van der Waals surface area contributed by atoms with Crippen molar-refractivity contribution in [3.05, 3.63) is 35.4 Å². The van der Waals surface area contributed by atoms with Crippen LogP contribution in [0.1, 0.15) is 30.5 Å². The number of nitrogens with zero attached hydrogens (tertiary/aromatic N) is 2. The third-order valence-corrected chi connectivity index (χ3v) is 4.98. The second-order valence-electron chi connectivity index (χ2n) is 7.17. The topological polar surface area (TPSA) is 35.6 Å². The molecule has 1 heterocycles. The Morgan fingerprint density at radius 2 is 2.14 bits per heavy atom. The zero-order chi connectivity index (χ0) is 15.7. The van der Waals surface area contributed by atoms with E-state index in [1.165, 1.54) is 11.1 Å². The van der Waals surface area contributed by atoms with Gasteiger partial charge in [0.1, 0.15) is 0 Å². The number of nitrogens with one attached hydrogen (secondary N) is 1. The normalized spacial score (nSPS) is 27.3. The Hall–Kier alpha value is -1.55. The molecule has 0 aromatic heterocycles. The quantitative estimate of drug-likeness (QED) is 0.931. The average molecular weight is 301 g/mol. The molecule has 1 aromatic rings. The van der Waals surface area contributed by atoms with Gasteiger partial charge in [-0.15, -0.1) is 0 Å². The molecule has 3 atom stereocenters. The molecule has 1 N–H and O–H groups in total. The van der Waals surface area contributed by atoms with Gasteiger partial charge in [0.25, 0.3) is 0 Å². The lowest BCUT2D eigenvalue weighted by atomic mass is 10.0. The van der Waals surface area contributed by atoms with Crippen molar-refractivity contribution in [2.75, 3.05) is 33.7 Å². The van der Waals surface area contributed by atoms with Gasteiger partial charge in [0.05, 0.1) is 6.04 Å². The van der Waals surface area contributed by atoms with Crippen molar-refractivity contribution in [2.24, 2.45) is 11.8 Å². The lowest BCUT2D eigenvalue weighted by Gasteiger charge is -2.24. The molecular weight excluding hydrogens is 274 g/mol. The van der Waals surface area contributed by atoms with Crippen LogP contribution in [0.4, 0.5) is 4.79 Å². The first-order valence-corrected chi connectivity index (χ1v) is 8.32. The predicted octanol–water partition coefficient (Wildman–Crippen LogP) is 2.51. The minimum Gasteiger partial charge on any atom is -0.331 e. The number of urea groups is 1. The number of benzene rings is 1. The van der Waals surface area contributed by atoms with Gasteiger partial charge in [0, 0.05) is 19.6 Å². The number of likely N-dealkylation sites (tertiary alicyclic amines) is 1. The number of hydrogen-bond acceptors (Lipinski definition) is 2. The lowest BCUT2D eigenvalue weighted by Crippen LogP contribution is -2.41. The summed E-state index contributed by atoms with van der Waals surface area (Å²) in [4.78, 5) is 16.8. The highest BCUT2D eigenvalue weighted by Gasteiger charge is 2.33. The van der Waals surface area contributed by atoms with E-state index < -0.39 is 0 Å². The van der Waals surface area contributed by atoms with E-state index in [1.54, 1.807) is 0 Å². The van der Waals surface area contributed by atoms with Crippen LogP contribution in [-0.4, -0.2) is 49.6 Å². The third kappa shape index (κ3) is 3.12. The van der Waals surface area contributed by atoms with E-state index in [1.807, 2.05) is 4.90 Å². The SMILES string of the molecule is CC1Cc2ccccc2C1NC(=O)N1CCC(CN(C)C)C1. The molecule has 1 aliphatic carbocycles. The molecule has 0 radical (unpaired) electrons. The van der Waals surface area contributed by atoms with Crippen molar-refractivity contribution < 1.29 is 4.79 Å². The standard InChI is InChI=1S/C18H27N3O/c1-13-10-15-6-4-5-7-16(15)17(13)19-18(22)21-9-8-14(12-21)11-20(2)3/h4-7,13-14,17H,8-12H2,1-3H3,(H,19,22). The second kappa shape index (κ2) is 6.29. The largest absolute Gasteiger partial charge is 0.331 e. The van der Waals surface area contributed by atoms with Crippen LogP contribution in [0, 0.1) is 11.8 Å². The Morgan fingerprint density at radius 1 is 1.36 bits per heavy atom. The van der Waals surface area contributed by atoms with Crippen LogP contribution >= 0.6 is 0 Å². The van der Waals surface area contributed by atoms with Crippen LogP contribution in [0.25, 0.3) is 0 Å². The van der Waals surface area contributed by atoms with Gasteiger partial charge in [-0.1, -0.05) is 31.2 Å². The zero-order valence-corrected chi connectivity index (χ0v) is 13.9. The Bertz CT molecular complexity index is 543. The molecule has 120 valence electrons. The smallest absolute Gasteiger partial charge is 0.317 e. The van der Waals surface area contributed by atoms with Crippen molar-refractivity contribution in [3.8, 4) is 0 Å².